The molecule has 1 saturated heterocycles. The molecule has 1 aromatic rings. The molecule has 98 valence electrons. The summed E-state index contributed by atoms with van der Waals surface area (Å²) in [5.41, 5.74) is -0.775. The molecular weight excluding hydrogens is 236 g/mol. The van der Waals surface area contributed by atoms with Crippen LogP contribution in [0.1, 0.15) is 17.9 Å². The van der Waals surface area contributed by atoms with E-state index in [0.29, 0.717) is 0 Å². The second-order valence-corrected chi connectivity index (χ2v) is 5.03. The lowest BCUT2D eigenvalue weighted by Crippen LogP contribution is -2.76. The van der Waals surface area contributed by atoms with Crippen molar-refractivity contribution in [1.29, 1.82) is 0 Å². The van der Waals surface area contributed by atoms with Crippen molar-refractivity contribution in [3.8, 4) is 0 Å². The maximum atomic E-state index is 10.6. The third-order valence-corrected chi connectivity index (χ3v) is 4.03. The first kappa shape index (κ1) is 12.1. The highest BCUT2D eigenvalue weighted by molar-refractivity contribution is 5.34. The molecule has 2 aliphatic rings. The van der Waals surface area contributed by atoms with Crippen molar-refractivity contribution in [2.75, 3.05) is 0 Å². The van der Waals surface area contributed by atoms with Gasteiger partial charge in [0.2, 0.25) is 0 Å². The molecule has 1 saturated carbocycles. The van der Waals surface area contributed by atoms with Gasteiger partial charge in [0.05, 0.1) is 12.2 Å². The second kappa shape index (κ2) is 4.01. The number of hydrogen-bond acceptors (Lipinski definition) is 5. The number of hydrogen-bond donors (Lipinski definition) is 4. The van der Waals surface area contributed by atoms with Gasteiger partial charge in [-0.25, -0.2) is 0 Å². The molecule has 5 nitrogen and oxygen atoms in total. The van der Waals surface area contributed by atoms with E-state index >= 15 is 0 Å². The van der Waals surface area contributed by atoms with Crippen LogP contribution in [0.25, 0.3) is 0 Å². The number of fused-ring (bicyclic) bond motifs is 1. The van der Waals surface area contributed by atoms with Crippen LogP contribution in [0, 0.1) is 0 Å². The predicted octanol–water partition coefficient (Wildman–Crippen LogP) is -0.656. The third kappa shape index (κ3) is 1.46. The Bertz CT molecular complexity index is 436. The van der Waals surface area contributed by atoms with Crippen molar-refractivity contribution in [2.45, 2.75) is 42.5 Å². The van der Waals surface area contributed by atoms with Crippen molar-refractivity contribution in [3.63, 3.8) is 0 Å². The van der Waals surface area contributed by atoms with Crippen LogP contribution in [0.3, 0.4) is 0 Å². The van der Waals surface area contributed by atoms with E-state index in [1.54, 1.807) is 12.1 Å². The zero-order valence-corrected chi connectivity index (χ0v) is 9.68. The SMILES string of the molecule is OC1C[C@@H](O)[C@@]2(O)C(c3ccccc3)C(O)[C@H]2O1. The molecule has 0 aromatic heterocycles. The first-order valence-electron chi connectivity index (χ1n) is 6.02. The van der Waals surface area contributed by atoms with Crippen LogP contribution >= 0.6 is 0 Å². The smallest absolute Gasteiger partial charge is 0.157 e. The zero-order valence-electron chi connectivity index (χ0n) is 9.68. The summed E-state index contributed by atoms with van der Waals surface area (Å²) in [6.07, 6.45) is -4.18. The monoisotopic (exact) mass is 252 g/mol. The van der Waals surface area contributed by atoms with Crippen LogP contribution in [0.4, 0.5) is 0 Å². The van der Waals surface area contributed by atoms with Crippen LogP contribution < -0.4 is 0 Å². The van der Waals surface area contributed by atoms with Crippen LogP contribution in [0.15, 0.2) is 30.3 Å². The van der Waals surface area contributed by atoms with Crippen molar-refractivity contribution < 1.29 is 25.2 Å². The quantitative estimate of drug-likeness (QED) is 0.533. The summed E-state index contributed by atoms with van der Waals surface area (Å²) < 4.78 is 5.12. The van der Waals surface area contributed by atoms with Gasteiger partial charge in [-0.1, -0.05) is 30.3 Å². The van der Waals surface area contributed by atoms with Gasteiger partial charge in [0.15, 0.2) is 6.29 Å². The number of aliphatic hydroxyl groups is 4. The molecule has 0 radical (unpaired) electrons. The summed E-state index contributed by atoms with van der Waals surface area (Å²) in [4.78, 5) is 0. The van der Waals surface area contributed by atoms with Gasteiger partial charge >= 0.3 is 0 Å². The van der Waals surface area contributed by atoms with Gasteiger partial charge in [0, 0.05) is 12.3 Å². The van der Waals surface area contributed by atoms with Crippen LogP contribution in [0.2, 0.25) is 0 Å². The van der Waals surface area contributed by atoms with E-state index in [9.17, 15) is 20.4 Å². The van der Waals surface area contributed by atoms with Crippen molar-refractivity contribution >= 4 is 0 Å². The minimum atomic E-state index is -1.53. The molecule has 0 amide bonds. The summed E-state index contributed by atoms with van der Waals surface area (Å²) in [5, 5.41) is 40.0. The zero-order chi connectivity index (χ0) is 12.9. The topological polar surface area (TPSA) is 90.2 Å². The maximum Gasteiger partial charge on any atom is 0.157 e. The highest BCUT2D eigenvalue weighted by Gasteiger charge is 2.68. The average Bonchev–Trinajstić information content (AvgIpc) is 2.36. The van der Waals surface area contributed by atoms with Crippen LogP contribution in [0.5, 0.6) is 0 Å². The van der Waals surface area contributed by atoms with Gasteiger partial charge in [-0.3, -0.25) is 0 Å². The molecule has 5 heteroatoms. The minimum Gasteiger partial charge on any atom is -0.390 e. The molecule has 3 rings (SSSR count). The highest BCUT2D eigenvalue weighted by Crippen LogP contribution is 2.53. The van der Waals surface area contributed by atoms with E-state index in [4.69, 9.17) is 4.74 Å². The van der Waals surface area contributed by atoms with Crippen molar-refractivity contribution in [2.24, 2.45) is 0 Å². The van der Waals surface area contributed by atoms with Crippen molar-refractivity contribution in [1.82, 2.24) is 0 Å². The van der Waals surface area contributed by atoms with E-state index in [2.05, 4.69) is 0 Å². The summed E-state index contributed by atoms with van der Waals surface area (Å²) in [5.74, 6) is -0.591. The lowest BCUT2D eigenvalue weighted by Gasteiger charge is -2.60. The molecule has 18 heavy (non-hydrogen) atoms. The van der Waals surface area contributed by atoms with E-state index in [1.165, 1.54) is 0 Å². The third-order valence-electron chi connectivity index (χ3n) is 4.03. The number of aliphatic hydroxyl groups excluding tert-OH is 3. The normalized spacial score (nSPS) is 47.2. The molecule has 0 bridgehead atoms. The molecule has 1 aliphatic carbocycles. The molecule has 3 unspecified atom stereocenters. The molecule has 1 aromatic carbocycles. The largest absolute Gasteiger partial charge is 0.390 e. The fourth-order valence-electron chi connectivity index (χ4n) is 3.10. The Kier molecular flexibility index (Phi) is 2.69. The lowest BCUT2D eigenvalue weighted by atomic mass is 9.57. The van der Waals surface area contributed by atoms with Gasteiger partial charge in [-0.05, 0) is 5.56 Å². The molecule has 1 heterocycles. The van der Waals surface area contributed by atoms with Gasteiger partial charge < -0.3 is 25.2 Å². The van der Waals surface area contributed by atoms with E-state index in [1.807, 2.05) is 18.2 Å². The molecule has 0 spiro atoms. The molecular formula is C13H16O5. The standard InChI is InChI=1S/C13H16O5/c14-8-6-9(15)18-12-11(16)10(13(8,12)17)7-4-2-1-3-5-7/h1-5,8-12,14-17H,6H2/t8-,9?,10?,11?,12-,13-/m1/s1. The Morgan fingerprint density at radius 1 is 1.11 bits per heavy atom. The van der Waals surface area contributed by atoms with E-state index in [-0.39, 0.29) is 6.42 Å². The average molecular weight is 252 g/mol. The van der Waals surface area contributed by atoms with E-state index in [0.717, 1.165) is 5.56 Å². The first-order chi connectivity index (χ1) is 8.55. The number of ether oxygens (including phenoxy) is 1. The second-order valence-electron chi connectivity index (χ2n) is 5.03. The molecule has 1 aliphatic heterocycles. The van der Waals surface area contributed by atoms with Crippen LogP contribution in [-0.2, 0) is 4.74 Å². The predicted molar refractivity (Wildman–Crippen MR) is 61.6 cm³/mol. The van der Waals surface area contributed by atoms with Gasteiger partial charge in [0.1, 0.15) is 11.7 Å². The molecule has 6 atom stereocenters. The lowest BCUT2D eigenvalue weighted by molar-refractivity contribution is -0.353. The Labute approximate surface area is 104 Å². The van der Waals surface area contributed by atoms with Gasteiger partial charge in [-0.2, -0.15) is 0 Å². The summed E-state index contributed by atoms with van der Waals surface area (Å²) in [7, 11) is 0. The van der Waals surface area contributed by atoms with Crippen molar-refractivity contribution in [3.05, 3.63) is 35.9 Å². The fourth-order valence-corrected chi connectivity index (χ4v) is 3.10. The number of rotatable bonds is 1. The summed E-state index contributed by atoms with van der Waals surface area (Å²) >= 11 is 0. The molecule has 4 N–H and O–H groups in total. The minimum absolute atomic E-state index is 0.0525. The van der Waals surface area contributed by atoms with Gasteiger partial charge in [-0.15, -0.1) is 0 Å². The number of benzene rings is 1. The molecule has 2 fully saturated rings. The van der Waals surface area contributed by atoms with Crippen LogP contribution in [-0.4, -0.2) is 50.6 Å². The van der Waals surface area contributed by atoms with Gasteiger partial charge in [0.25, 0.3) is 0 Å². The summed E-state index contributed by atoms with van der Waals surface area (Å²) in [6, 6.07) is 9.04. The Balaban J connectivity index is 1.94. The Morgan fingerprint density at radius 3 is 2.44 bits per heavy atom. The first-order valence-corrected chi connectivity index (χ1v) is 6.02. The Morgan fingerprint density at radius 2 is 1.78 bits per heavy atom. The van der Waals surface area contributed by atoms with E-state index < -0.39 is 36.1 Å². The maximum absolute atomic E-state index is 10.6. The highest BCUT2D eigenvalue weighted by atomic mass is 16.6. The fraction of sp³-hybridized carbons (Fsp3) is 0.538. The summed E-state index contributed by atoms with van der Waals surface area (Å²) in [6.45, 7) is 0. The Hall–Kier alpha value is -0.980.